The molecule has 0 heterocycles. The maximum Gasteiger partial charge on any atom is 0.503 e. The van der Waals surface area contributed by atoms with Crippen LogP contribution < -0.4 is 0 Å². The molecule has 0 radical (unpaired) electrons. The first kappa shape index (κ1) is 11.0. The second-order valence-corrected chi connectivity index (χ2v) is 1.22. The number of halogens is 2. The molecule has 0 saturated heterocycles. The lowest BCUT2D eigenvalue weighted by Crippen LogP contribution is -1.91. The third-order valence-electron chi connectivity index (χ3n) is 0.213. The normalized spacial score (nSPS) is 11.0. The Morgan fingerprint density at radius 3 is 1.78 bits per heavy atom. The highest BCUT2D eigenvalue weighted by molar-refractivity contribution is 5.53. The number of hydrogen-bond acceptors (Lipinski definition) is 1. The number of carboxylic acid groups (broad SMARTS) is 2. The molecule has 0 amide bonds. The fourth-order valence-corrected chi connectivity index (χ4v) is 0. The van der Waals surface area contributed by atoms with E-state index in [2.05, 4.69) is 0 Å². The van der Waals surface area contributed by atoms with Crippen molar-refractivity contribution in [1.82, 2.24) is 0 Å². The molecule has 0 rings (SSSR count). The Hall–Kier alpha value is -0.870. The Morgan fingerprint density at radius 2 is 1.78 bits per heavy atom. The summed E-state index contributed by atoms with van der Waals surface area (Å²) in [5.74, 6) is 0. The molecule has 0 fully saturated rings. The lowest BCUT2D eigenvalue weighted by atomic mass is 10.5. The lowest BCUT2D eigenvalue weighted by Gasteiger charge is -1.83. The molecule has 0 aliphatic heterocycles. The SMILES string of the molecule is CC(F)CF.O=C(O)O. The summed E-state index contributed by atoms with van der Waals surface area (Å²) < 4.78 is 21.8. The minimum Gasteiger partial charge on any atom is -0.450 e. The molecule has 0 bridgehead atoms. The molecule has 0 spiro atoms. The van der Waals surface area contributed by atoms with Crippen molar-refractivity contribution >= 4 is 6.16 Å². The smallest absolute Gasteiger partial charge is 0.450 e. The molecular weight excluding hydrogens is 134 g/mol. The minimum absolute atomic E-state index is 0.861. The van der Waals surface area contributed by atoms with Crippen LogP contribution in [0.25, 0.3) is 0 Å². The first-order valence-electron chi connectivity index (χ1n) is 2.12. The van der Waals surface area contributed by atoms with Crippen molar-refractivity contribution in [3.05, 3.63) is 0 Å². The average molecular weight is 142 g/mol. The van der Waals surface area contributed by atoms with E-state index < -0.39 is 19.0 Å². The van der Waals surface area contributed by atoms with Gasteiger partial charge in [-0.1, -0.05) is 0 Å². The van der Waals surface area contributed by atoms with Crippen molar-refractivity contribution in [3.8, 4) is 0 Å². The van der Waals surface area contributed by atoms with Crippen molar-refractivity contribution in [2.45, 2.75) is 13.1 Å². The molecule has 1 atom stereocenters. The predicted octanol–water partition coefficient (Wildman–Crippen LogP) is 1.54. The fraction of sp³-hybridized carbons (Fsp3) is 0.750. The predicted molar refractivity (Wildman–Crippen MR) is 27.2 cm³/mol. The van der Waals surface area contributed by atoms with E-state index >= 15 is 0 Å². The Kier molecular flexibility index (Phi) is 8.71. The maximum atomic E-state index is 11.1. The summed E-state index contributed by atoms with van der Waals surface area (Å²) in [6.45, 7) is 0.319. The summed E-state index contributed by atoms with van der Waals surface area (Å²) in [6.07, 6.45) is -3.12. The van der Waals surface area contributed by atoms with Gasteiger partial charge < -0.3 is 10.2 Å². The van der Waals surface area contributed by atoms with Crippen LogP contribution in [0, 0.1) is 0 Å². The Balaban J connectivity index is 0. The Morgan fingerprint density at radius 1 is 1.67 bits per heavy atom. The van der Waals surface area contributed by atoms with E-state index in [0.717, 1.165) is 0 Å². The van der Waals surface area contributed by atoms with Gasteiger partial charge >= 0.3 is 6.16 Å². The summed E-state index contributed by atoms with van der Waals surface area (Å²) in [7, 11) is 0. The van der Waals surface area contributed by atoms with Crippen LogP contribution in [0.2, 0.25) is 0 Å². The van der Waals surface area contributed by atoms with Gasteiger partial charge in [0.1, 0.15) is 12.8 Å². The molecule has 56 valence electrons. The topological polar surface area (TPSA) is 57.5 Å². The van der Waals surface area contributed by atoms with Gasteiger partial charge in [-0.05, 0) is 6.92 Å². The molecule has 0 aliphatic carbocycles. The summed E-state index contributed by atoms with van der Waals surface area (Å²) >= 11 is 0. The molecule has 0 aromatic carbocycles. The molecule has 5 heteroatoms. The molecule has 1 unspecified atom stereocenters. The zero-order valence-electron chi connectivity index (χ0n) is 4.84. The number of carbonyl (C=O) groups is 1. The number of alkyl halides is 2. The van der Waals surface area contributed by atoms with Gasteiger partial charge in [0, 0.05) is 0 Å². The quantitative estimate of drug-likeness (QED) is 0.583. The first-order valence-corrected chi connectivity index (χ1v) is 2.12. The van der Waals surface area contributed by atoms with Gasteiger partial charge in [-0.25, -0.2) is 13.6 Å². The third-order valence-corrected chi connectivity index (χ3v) is 0.213. The van der Waals surface area contributed by atoms with Crippen LogP contribution >= 0.6 is 0 Å². The van der Waals surface area contributed by atoms with E-state index in [4.69, 9.17) is 15.0 Å². The van der Waals surface area contributed by atoms with Crippen molar-refractivity contribution in [1.29, 1.82) is 0 Å². The number of hydrogen-bond donors (Lipinski definition) is 2. The van der Waals surface area contributed by atoms with Gasteiger partial charge in [0.25, 0.3) is 0 Å². The number of rotatable bonds is 1. The van der Waals surface area contributed by atoms with Crippen LogP contribution in [0.1, 0.15) is 6.92 Å². The molecule has 0 aliphatic rings. The molecule has 3 nitrogen and oxygen atoms in total. The van der Waals surface area contributed by atoms with Crippen LogP contribution in [-0.2, 0) is 0 Å². The van der Waals surface area contributed by atoms with Gasteiger partial charge in [-0.15, -0.1) is 0 Å². The monoisotopic (exact) mass is 142 g/mol. The summed E-state index contributed by atoms with van der Waals surface area (Å²) in [5, 5.41) is 13.9. The highest BCUT2D eigenvalue weighted by Gasteiger charge is 1.89. The van der Waals surface area contributed by atoms with Crippen molar-refractivity contribution in [2.24, 2.45) is 0 Å². The maximum absolute atomic E-state index is 11.1. The summed E-state index contributed by atoms with van der Waals surface area (Å²) in [4.78, 5) is 8.56. The Bertz CT molecular complexity index is 70.2. The molecule has 0 saturated carbocycles. The average Bonchev–Trinajstić information content (AvgIpc) is 1.65. The van der Waals surface area contributed by atoms with E-state index in [-0.39, 0.29) is 0 Å². The van der Waals surface area contributed by atoms with E-state index in [0.29, 0.717) is 0 Å². The van der Waals surface area contributed by atoms with E-state index in [9.17, 15) is 8.78 Å². The van der Waals surface area contributed by atoms with Crippen LogP contribution in [0.15, 0.2) is 0 Å². The largest absolute Gasteiger partial charge is 0.503 e. The first-order chi connectivity index (χ1) is 4.00. The van der Waals surface area contributed by atoms with Crippen LogP contribution in [0.4, 0.5) is 13.6 Å². The van der Waals surface area contributed by atoms with Crippen LogP contribution in [-0.4, -0.2) is 29.2 Å². The van der Waals surface area contributed by atoms with Crippen molar-refractivity contribution < 1.29 is 23.8 Å². The fourth-order valence-electron chi connectivity index (χ4n) is 0. The zero-order valence-corrected chi connectivity index (χ0v) is 4.84. The standard InChI is InChI=1S/C3H6F2.CH2O3/c1-3(5)2-4;2-1(3)4/h3H,2H2,1H3;(H2,2,3,4). The molecule has 9 heavy (non-hydrogen) atoms. The van der Waals surface area contributed by atoms with Crippen molar-refractivity contribution in [2.75, 3.05) is 6.67 Å². The van der Waals surface area contributed by atoms with Gasteiger partial charge in [0.2, 0.25) is 0 Å². The van der Waals surface area contributed by atoms with Gasteiger partial charge in [0.15, 0.2) is 0 Å². The molecule has 0 aromatic heterocycles. The second kappa shape index (κ2) is 7.13. The molecule has 0 aromatic rings. The van der Waals surface area contributed by atoms with Crippen LogP contribution in [0.5, 0.6) is 0 Å². The summed E-state index contributed by atoms with van der Waals surface area (Å²) in [5.41, 5.74) is 0. The van der Waals surface area contributed by atoms with Gasteiger partial charge in [-0.3, -0.25) is 0 Å². The Labute approximate surface area is 50.9 Å². The van der Waals surface area contributed by atoms with Gasteiger partial charge in [0.05, 0.1) is 0 Å². The van der Waals surface area contributed by atoms with Crippen LogP contribution in [0.3, 0.4) is 0 Å². The second-order valence-electron chi connectivity index (χ2n) is 1.22. The molecule has 2 N–H and O–H groups in total. The van der Waals surface area contributed by atoms with E-state index in [1.165, 1.54) is 6.92 Å². The molecular formula is C4H8F2O3. The van der Waals surface area contributed by atoms with E-state index in [1.807, 2.05) is 0 Å². The van der Waals surface area contributed by atoms with E-state index in [1.54, 1.807) is 0 Å². The highest BCUT2D eigenvalue weighted by atomic mass is 19.2. The van der Waals surface area contributed by atoms with Crippen molar-refractivity contribution in [3.63, 3.8) is 0 Å². The van der Waals surface area contributed by atoms with Gasteiger partial charge in [-0.2, -0.15) is 0 Å². The highest BCUT2D eigenvalue weighted by Crippen LogP contribution is 1.84. The lowest BCUT2D eigenvalue weighted by molar-refractivity contribution is 0.137. The third kappa shape index (κ3) is 147. The zero-order chi connectivity index (χ0) is 7.86. The summed E-state index contributed by atoms with van der Waals surface area (Å²) in [6, 6.07) is 0. The minimum atomic E-state index is -1.83.